The van der Waals surface area contributed by atoms with E-state index in [0.29, 0.717) is 12.5 Å². The number of nitrogens with zero attached hydrogens (tertiary/aromatic N) is 4. The lowest BCUT2D eigenvalue weighted by Gasteiger charge is -2.35. The zero-order valence-corrected chi connectivity index (χ0v) is 10.7. The topological polar surface area (TPSA) is 92.9 Å². The molecule has 2 aromatic rings. The molecule has 0 radical (unpaired) electrons. The van der Waals surface area contributed by atoms with Crippen LogP contribution < -0.4 is 5.32 Å². The van der Waals surface area contributed by atoms with Crippen LogP contribution in [0.4, 0.5) is 4.79 Å². The predicted molar refractivity (Wildman–Crippen MR) is 68.1 cm³/mol. The van der Waals surface area contributed by atoms with Crippen LogP contribution in [0.1, 0.15) is 18.9 Å². The van der Waals surface area contributed by atoms with Crippen molar-refractivity contribution in [3.05, 3.63) is 17.7 Å². The average Bonchev–Trinajstić information content (AvgIpc) is 2.70. The third-order valence-corrected chi connectivity index (χ3v) is 3.59. The van der Waals surface area contributed by atoms with Crippen LogP contribution in [0.25, 0.3) is 11.0 Å². The molecule has 100 valence electrons. The van der Waals surface area contributed by atoms with E-state index in [1.165, 1.54) is 0 Å². The quantitative estimate of drug-likeness (QED) is 0.835. The van der Waals surface area contributed by atoms with Crippen LogP contribution in [0, 0.1) is 5.92 Å². The highest BCUT2D eigenvalue weighted by Crippen LogP contribution is 2.38. The van der Waals surface area contributed by atoms with E-state index >= 15 is 0 Å². The number of nitrogens with one attached hydrogen (secondary N) is 1. The Morgan fingerprint density at radius 3 is 3.05 bits per heavy atom. The molecule has 2 N–H and O–H groups in total. The van der Waals surface area contributed by atoms with Crippen LogP contribution in [0.15, 0.2) is 12.4 Å². The van der Waals surface area contributed by atoms with Crippen molar-refractivity contribution in [2.24, 2.45) is 5.92 Å². The highest BCUT2D eigenvalue weighted by Gasteiger charge is 2.32. The van der Waals surface area contributed by atoms with Crippen molar-refractivity contribution in [2.75, 3.05) is 6.54 Å². The van der Waals surface area contributed by atoms with E-state index in [0.717, 1.165) is 23.9 Å². The molecular formula is C11H12ClN5O2. The minimum atomic E-state index is -0.979. The molecule has 1 aliphatic rings. The fourth-order valence-corrected chi connectivity index (χ4v) is 2.51. The van der Waals surface area contributed by atoms with E-state index in [-0.39, 0.29) is 11.3 Å². The van der Waals surface area contributed by atoms with Crippen molar-refractivity contribution < 1.29 is 9.90 Å². The van der Waals surface area contributed by atoms with Gasteiger partial charge >= 0.3 is 6.09 Å². The van der Waals surface area contributed by atoms with Crippen LogP contribution >= 0.6 is 11.6 Å². The fourth-order valence-electron chi connectivity index (χ4n) is 2.38. The zero-order valence-electron chi connectivity index (χ0n) is 9.95. The lowest BCUT2D eigenvalue weighted by atomic mass is 9.80. The number of hydrogen-bond acceptors (Lipinski definition) is 4. The zero-order chi connectivity index (χ0) is 13.4. The van der Waals surface area contributed by atoms with Gasteiger partial charge < -0.3 is 10.4 Å². The van der Waals surface area contributed by atoms with Crippen molar-refractivity contribution in [1.82, 2.24) is 25.1 Å². The molecule has 1 aliphatic carbocycles. The van der Waals surface area contributed by atoms with Crippen molar-refractivity contribution in [1.29, 1.82) is 0 Å². The summed E-state index contributed by atoms with van der Waals surface area (Å²) in [5.41, 5.74) is 0.731. The van der Waals surface area contributed by atoms with Gasteiger partial charge in [0.1, 0.15) is 0 Å². The first kappa shape index (κ1) is 12.2. The Morgan fingerprint density at radius 1 is 1.53 bits per heavy atom. The lowest BCUT2D eigenvalue weighted by Crippen LogP contribution is -2.36. The maximum absolute atomic E-state index is 10.4. The number of aromatic nitrogens is 4. The fraction of sp³-hybridized carbons (Fsp3) is 0.455. The van der Waals surface area contributed by atoms with Crippen LogP contribution in [0.3, 0.4) is 0 Å². The van der Waals surface area contributed by atoms with Crippen molar-refractivity contribution in [2.45, 2.75) is 18.9 Å². The average molecular weight is 282 g/mol. The number of carbonyl (C=O) groups is 1. The Labute approximate surface area is 113 Å². The van der Waals surface area contributed by atoms with Gasteiger partial charge in [0.05, 0.1) is 17.6 Å². The maximum atomic E-state index is 10.4. The second-order valence-electron chi connectivity index (χ2n) is 4.68. The monoisotopic (exact) mass is 281 g/mol. The summed E-state index contributed by atoms with van der Waals surface area (Å²) in [5, 5.41) is 16.3. The molecule has 0 spiro atoms. The van der Waals surface area contributed by atoms with Crippen molar-refractivity contribution in [3.63, 3.8) is 0 Å². The molecule has 0 saturated heterocycles. The largest absolute Gasteiger partial charge is 0.465 e. The standard InChI is InChI=1S/C11H12ClN5O2/c12-10-13-4-7-5-15-17(9(7)16-10)8-1-6(2-8)3-14-11(18)19/h4-6,8,14H,1-3H2,(H,18,19)/t6-,8-. The summed E-state index contributed by atoms with van der Waals surface area (Å²) in [6.45, 7) is 0.487. The van der Waals surface area contributed by atoms with Crippen LogP contribution in [0.2, 0.25) is 5.28 Å². The number of amides is 1. The van der Waals surface area contributed by atoms with Gasteiger partial charge in [0, 0.05) is 12.7 Å². The Morgan fingerprint density at radius 2 is 2.32 bits per heavy atom. The molecular weight excluding hydrogens is 270 g/mol. The molecule has 3 rings (SSSR count). The van der Waals surface area contributed by atoms with E-state index in [1.54, 1.807) is 12.4 Å². The molecule has 19 heavy (non-hydrogen) atoms. The second-order valence-corrected chi connectivity index (χ2v) is 5.02. The molecule has 8 heteroatoms. The van der Waals surface area contributed by atoms with Gasteiger partial charge in [0.25, 0.3) is 0 Å². The van der Waals surface area contributed by atoms with Crippen LogP contribution in [-0.2, 0) is 0 Å². The molecule has 2 heterocycles. The van der Waals surface area contributed by atoms with Crippen LogP contribution in [-0.4, -0.2) is 37.5 Å². The minimum absolute atomic E-state index is 0.206. The molecule has 0 bridgehead atoms. The molecule has 1 saturated carbocycles. The van der Waals surface area contributed by atoms with Gasteiger partial charge in [0.2, 0.25) is 5.28 Å². The van der Waals surface area contributed by atoms with Crippen LogP contribution in [0.5, 0.6) is 0 Å². The Bertz CT molecular complexity index is 623. The summed E-state index contributed by atoms with van der Waals surface area (Å²) in [5.74, 6) is 0.359. The van der Waals surface area contributed by atoms with Gasteiger partial charge in [-0.1, -0.05) is 0 Å². The number of halogens is 1. The summed E-state index contributed by atoms with van der Waals surface area (Å²) >= 11 is 5.79. The number of carboxylic acid groups (broad SMARTS) is 1. The summed E-state index contributed by atoms with van der Waals surface area (Å²) in [4.78, 5) is 18.5. The van der Waals surface area contributed by atoms with Gasteiger partial charge in [-0.2, -0.15) is 10.1 Å². The molecule has 2 aromatic heterocycles. The Balaban J connectivity index is 1.70. The number of hydrogen-bond donors (Lipinski definition) is 2. The molecule has 7 nitrogen and oxygen atoms in total. The third kappa shape index (κ3) is 2.33. The van der Waals surface area contributed by atoms with Gasteiger partial charge in [0.15, 0.2) is 5.65 Å². The number of rotatable bonds is 3. The molecule has 0 unspecified atom stereocenters. The van der Waals surface area contributed by atoms with E-state index < -0.39 is 6.09 Å². The summed E-state index contributed by atoms with van der Waals surface area (Å²) in [6.07, 6.45) is 4.16. The Hall–Kier alpha value is -1.89. The smallest absolute Gasteiger partial charge is 0.404 e. The van der Waals surface area contributed by atoms with Gasteiger partial charge in [-0.25, -0.2) is 14.5 Å². The van der Waals surface area contributed by atoms with E-state index in [9.17, 15) is 4.79 Å². The number of fused-ring (bicyclic) bond motifs is 1. The normalized spacial score (nSPS) is 22.2. The molecule has 1 amide bonds. The SMILES string of the molecule is O=C(O)NC[C@H]1C[C@H](n2ncc3cnc(Cl)nc32)C1. The van der Waals surface area contributed by atoms with E-state index in [4.69, 9.17) is 16.7 Å². The Kier molecular flexibility index (Phi) is 2.98. The lowest BCUT2D eigenvalue weighted by molar-refractivity contribution is 0.165. The first-order chi connectivity index (χ1) is 9.13. The summed E-state index contributed by atoms with van der Waals surface area (Å²) in [7, 11) is 0. The van der Waals surface area contributed by atoms with E-state index in [2.05, 4.69) is 20.4 Å². The highest BCUT2D eigenvalue weighted by molar-refractivity contribution is 6.28. The highest BCUT2D eigenvalue weighted by atomic mass is 35.5. The van der Waals surface area contributed by atoms with Gasteiger partial charge in [-0.05, 0) is 30.4 Å². The first-order valence-electron chi connectivity index (χ1n) is 5.96. The molecule has 1 fully saturated rings. The molecule has 0 aliphatic heterocycles. The van der Waals surface area contributed by atoms with Crippen molar-refractivity contribution in [3.8, 4) is 0 Å². The predicted octanol–water partition coefficient (Wildman–Crippen LogP) is 1.70. The maximum Gasteiger partial charge on any atom is 0.404 e. The second kappa shape index (κ2) is 4.65. The summed E-state index contributed by atoms with van der Waals surface area (Å²) in [6, 6.07) is 0.254. The van der Waals surface area contributed by atoms with Crippen molar-refractivity contribution >= 4 is 28.7 Å². The molecule has 0 atom stereocenters. The van der Waals surface area contributed by atoms with Gasteiger partial charge in [-0.3, -0.25) is 0 Å². The minimum Gasteiger partial charge on any atom is -0.465 e. The molecule has 0 aromatic carbocycles. The van der Waals surface area contributed by atoms with Gasteiger partial charge in [-0.15, -0.1) is 0 Å². The summed E-state index contributed by atoms with van der Waals surface area (Å²) < 4.78 is 1.85. The first-order valence-corrected chi connectivity index (χ1v) is 6.34. The third-order valence-electron chi connectivity index (χ3n) is 3.40. The van der Waals surface area contributed by atoms with E-state index in [1.807, 2.05) is 4.68 Å².